The van der Waals surface area contributed by atoms with Gasteiger partial charge >= 0.3 is 5.97 Å². The van der Waals surface area contributed by atoms with Crippen LogP contribution in [0.4, 0.5) is 0 Å². The molecule has 0 spiro atoms. The van der Waals surface area contributed by atoms with Crippen LogP contribution in [0.15, 0.2) is 0 Å². The van der Waals surface area contributed by atoms with Crippen molar-refractivity contribution in [2.24, 2.45) is 22.7 Å². The van der Waals surface area contributed by atoms with Crippen molar-refractivity contribution in [2.45, 2.75) is 39.5 Å². The number of ketones is 1. The van der Waals surface area contributed by atoms with Gasteiger partial charge in [-0.1, -0.05) is 6.92 Å². The van der Waals surface area contributed by atoms with Crippen LogP contribution in [0.5, 0.6) is 0 Å². The van der Waals surface area contributed by atoms with E-state index in [1.54, 1.807) is 6.92 Å². The Hall–Kier alpha value is -1.37. The van der Waals surface area contributed by atoms with E-state index in [9.17, 15) is 14.9 Å². The van der Waals surface area contributed by atoms with Gasteiger partial charge in [0.05, 0.1) is 29.9 Å². The summed E-state index contributed by atoms with van der Waals surface area (Å²) in [6.45, 7) is 3.77. The van der Waals surface area contributed by atoms with E-state index in [2.05, 4.69) is 6.07 Å². The third-order valence-corrected chi connectivity index (χ3v) is 5.19. The number of nitriles is 1. The van der Waals surface area contributed by atoms with Gasteiger partial charge in [-0.3, -0.25) is 9.59 Å². The fourth-order valence-electron chi connectivity index (χ4n) is 3.89. The van der Waals surface area contributed by atoms with Crippen LogP contribution in [0.1, 0.15) is 39.5 Å². The van der Waals surface area contributed by atoms with Crippen molar-refractivity contribution >= 4 is 11.8 Å². The Morgan fingerprint density at radius 2 is 2.17 bits per heavy atom. The maximum absolute atomic E-state index is 12.2. The Kier molecular flexibility index (Phi) is 2.96. The molecule has 4 nitrogen and oxygen atoms in total. The fraction of sp³-hybridized carbons (Fsp3) is 0.786. The molecule has 2 aliphatic carbocycles. The predicted molar refractivity (Wildman–Crippen MR) is 64.3 cm³/mol. The van der Waals surface area contributed by atoms with Crippen LogP contribution < -0.4 is 0 Å². The summed E-state index contributed by atoms with van der Waals surface area (Å²) in [5, 5.41) is 9.49. The Balaban J connectivity index is 2.53. The van der Waals surface area contributed by atoms with E-state index in [4.69, 9.17) is 4.74 Å². The van der Waals surface area contributed by atoms with E-state index in [0.29, 0.717) is 19.3 Å². The summed E-state index contributed by atoms with van der Waals surface area (Å²) in [5.41, 5.74) is -1.50. The number of hydrogen-bond donors (Lipinski definition) is 0. The molecule has 0 radical (unpaired) electrons. The smallest absolute Gasteiger partial charge is 0.312 e. The third-order valence-electron chi connectivity index (χ3n) is 5.19. The molecule has 0 aliphatic heterocycles. The molecule has 98 valence electrons. The van der Waals surface area contributed by atoms with Crippen LogP contribution in [0.2, 0.25) is 0 Å². The topological polar surface area (TPSA) is 67.2 Å². The zero-order valence-electron chi connectivity index (χ0n) is 11.2. The number of carbonyl (C=O) groups is 2. The summed E-state index contributed by atoms with van der Waals surface area (Å²) in [5.74, 6) is -0.727. The maximum atomic E-state index is 12.2. The summed E-state index contributed by atoms with van der Waals surface area (Å²) in [6.07, 6.45) is 2.51. The lowest BCUT2D eigenvalue weighted by Gasteiger charge is -2.47. The van der Waals surface area contributed by atoms with E-state index in [-0.39, 0.29) is 17.7 Å². The van der Waals surface area contributed by atoms with Gasteiger partial charge in [-0.15, -0.1) is 0 Å². The Morgan fingerprint density at radius 1 is 1.50 bits per heavy atom. The second-order valence-corrected chi connectivity index (χ2v) is 5.88. The Bertz CT molecular complexity index is 439. The average Bonchev–Trinajstić information content (AvgIpc) is 2.72. The molecule has 2 fully saturated rings. The number of ether oxygens (including phenoxy) is 1. The minimum atomic E-state index is -0.851. The molecule has 0 aromatic rings. The minimum absolute atomic E-state index is 0.0519. The highest BCUT2D eigenvalue weighted by atomic mass is 16.5. The monoisotopic (exact) mass is 249 g/mol. The molecule has 0 aromatic carbocycles. The first-order valence-electron chi connectivity index (χ1n) is 6.45. The molecule has 0 aromatic heterocycles. The SMILES string of the molecule is COC(=O)[C@]1(C)[C@H](C)CC[C@@]2(C#N)CCC(=O)[C@H]21. The van der Waals surface area contributed by atoms with E-state index in [0.717, 1.165) is 6.42 Å². The van der Waals surface area contributed by atoms with Gasteiger partial charge in [0, 0.05) is 6.42 Å². The van der Waals surface area contributed by atoms with Crippen molar-refractivity contribution in [3.8, 4) is 6.07 Å². The van der Waals surface area contributed by atoms with E-state index < -0.39 is 16.7 Å². The quantitative estimate of drug-likeness (QED) is 0.667. The molecular formula is C14H19NO3. The molecule has 4 heteroatoms. The number of fused-ring (bicyclic) bond motifs is 1. The van der Waals surface area contributed by atoms with Gasteiger partial charge in [0.2, 0.25) is 0 Å². The summed E-state index contributed by atoms with van der Waals surface area (Å²) < 4.78 is 4.91. The van der Waals surface area contributed by atoms with Gasteiger partial charge < -0.3 is 4.74 Å². The first-order valence-corrected chi connectivity index (χ1v) is 6.45. The standard InChI is InChI=1S/C14H19NO3/c1-9-4-6-14(8-15)7-5-10(16)11(14)13(9,2)12(17)18-3/h9,11H,4-7H2,1-3H3/t9-,11+,13-,14+/m1/s1. The minimum Gasteiger partial charge on any atom is -0.469 e. The number of rotatable bonds is 1. The van der Waals surface area contributed by atoms with Crippen molar-refractivity contribution in [2.75, 3.05) is 7.11 Å². The van der Waals surface area contributed by atoms with Gasteiger partial charge in [0.1, 0.15) is 5.78 Å². The van der Waals surface area contributed by atoms with Crippen molar-refractivity contribution in [3.05, 3.63) is 0 Å². The van der Waals surface area contributed by atoms with Crippen LogP contribution in [0.3, 0.4) is 0 Å². The lowest BCUT2D eigenvalue weighted by atomic mass is 9.53. The molecule has 2 aliphatic rings. The first-order chi connectivity index (χ1) is 8.42. The molecule has 0 bridgehead atoms. The van der Waals surface area contributed by atoms with Crippen LogP contribution in [0.25, 0.3) is 0 Å². The van der Waals surface area contributed by atoms with Crippen molar-refractivity contribution in [1.82, 2.24) is 0 Å². The third kappa shape index (κ3) is 1.43. The number of Topliss-reactive ketones (excluding diaryl/α,β-unsaturated/α-hetero) is 1. The highest BCUT2D eigenvalue weighted by Gasteiger charge is 2.64. The zero-order valence-corrected chi connectivity index (χ0v) is 11.2. The van der Waals surface area contributed by atoms with Crippen LogP contribution in [0, 0.1) is 34.0 Å². The molecule has 0 unspecified atom stereocenters. The fourth-order valence-corrected chi connectivity index (χ4v) is 3.89. The molecule has 2 saturated carbocycles. The lowest BCUT2D eigenvalue weighted by molar-refractivity contribution is -0.168. The second-order valence-electron chi connectivity index (χ2n) is 5.88. The molecular weight excluding hydrogens is 230 g/mol. The zero-order chi connectivity index (χ0) is 13.6. The number of hydrogen-bond acceptors (Lipinski definition) is 4. The van der Waals surface area contributed by atoms with Gasteiger partial charge in [0.25, 0.3) is 0 Å². The normalized spacial score (nSPS) is 43.1. The van der Waals surface area contributed by atoms with Gasteiger partial charge in [0.15, 0.2) is 0 Å². The molecule has 0 heterocycles. The van der Waals surface area contributed by atoms with Gasteiger partial charge in [-0.2, -0.15) is 5.26 Å². The number of nitrogens with zero attached hydrogens (tertiary/aromatic N) is 1. The molecule has 18 heavy (non-hydrogen) atoms. The van der Waals surface area contributed by atoms with E-state index >= 15 is 0 Å². The molecule has 2 rings (SSSR count). The van der Waals surface area contributed by atoms with Crippen molar-refractivity contribution < 1.29 is 14.3 Å². The molecule has 0 N–H and O–H groups in total. The van der Waals surface area contributed by atoms with Crippen LogP contribution in [-0.2, 0) is 14.3 Å². The second kappa shape index (κ2) is 4.08. The Morgan fingerprint density at radius 3 is 2.72 bits per heavy atom. The lowest BCUT2D eigenvalue weighted by Crippen LogP contribution is -2.53. The van der Waals surface area contributed by atoms with E-state index in [1.807, 2.05) is 6.92 Å². The van der Waals surface area contributed by atoms with Gasteiger partial charge in [-0.25, -0.2) is 0 Å². The number of methoxy groups -OCH3 is 1. The number of carbonyl (C=O) groups excluding carboxylic acids is 2. The van der Waals surface area contributed by atoms with E-state index in [1.165, 1.54) is 7.11 Å². The van der Waals surface area contributed by atoms with Crippen molar-refractivity contribution in [3.63, 3.8) is 0 Å². The largest absolute Gasteiger partial charge is 0.469 e. The van der Waals surface area contributed by atoms with Crippen molar-refractivity contribution in [1.29, 1.82) is 5.26 Å². The highest BCUT2D eigenvalue weighted by molar-refractivity contribution is 5.92. The van der Waals surface area contributed by atoms with Crippen LogP contribution >= 0.6 is 0 Å². The highest BCUT2D eigenvalue weighted by Crippen LogP contribution is 2.60. The average molecular weight is 249 g/mol. The summed E-state index contributed by atoms with van der Waals surface area (Å²) in [7, 11) is 1.35. The Labute approximate surface area is 107 Å². The number of esters is 1. The maximum Gasteiger partial charge on any atom is 0.312 e. The summed E-state index contributed by atoms with van der Waals surface area (Å²) >= 11 is 0. The summed E-state index contributed by atoms with van der Waals surface area (Å²) in [4.78, 5) is 24.4. The molecule has 0 amide bonds. The molecule has 4 atom stereocenters. The van der Waals surface area contributed by atoms with Gasteiger partial charge in [-0.05, 0) is 32.1 Å². The predicted octanol–water partition coefficient (Wildman–Crippen LogP) is 2.08. The molecule has 0 saturated heterocycles. The summed E-state index contributed by atoms with van der Waals surface area (Å²) in [6, 6.07) is 2.34. The first kappa shape index (κ1) is 13.1. The van der Waals surface area contributed by atoms with Crippen LogP contribution in [-0.4, -0.2) is 18.9 Å².